The number of carbonyl (C=O) groups is 1. The van der Waals surface area contributed by atoms with Crippen molar-refractivity contribution in [1.82, 2.24) is 4.98 Å². The second-order valence-corrected chi connectivity index (χ2v) is 4.94. The van der Waals surface area contributed by atoms with Gasteiger partial charge < -0.3 is 19.2 Å². The number of hydrogen-bond donors (Lipinski definition) is 1. The van der Waals surface area contributed by atoms with E-state index < -0.39 is 11.4 Å². The predicted octanol–water partition coefficient (Wildman–Crippen LogP) is 1.37. The Balaban J connectivity index is 1.83. The van der Waals surface area contributed by atoms with E-state index in [-0.39, 0.29) is 13.2 Å². The maximum absolute atomic E-state index is 11.3. The van der Waals surface area contributed by atoms with Crippen LogP contribution in [0.5, 0.6) is 0 Å². The Labute approximate surface area is 109 Å². The number of carboxylic acid groups (broad SMARTS) is 1. The number of anilines is 1. The third-order valence-corrected chi connectivity index (χ3v) is 3.51. The second-order valence-electron chi connectivity index (χ2n) is 4.94. The molecule has 6 nitrogen and oxygen atoms in total. The van der Waals surface area contributed by atoms with E-state index in [0.717, 1.165) is 11.2 Å². The summed E-state index contributed by atoms with van der Waals surface area (Å²) in [6.07, 6.45) is 1.40. The summed E-state index contributed by atoms with van der Waals surface area (Å²) in [6.45, 7) is 0.927. The van der Waals surface area contributed by atoms with Crippen molar-refractivity contribution in [2.45, 2.75) is 0 Å². The van der Waals surface area contributed by atoms with Crippen LogP contribution in [0, 0.1) is 5.41 Å². The van der Waals surface area contributed by atoms with Crippen LogP contribution < -0.4 is 4.90 Å². The molecule has 3 rings (SSSR count). The summed E-state index contributed by atoms with van der Waals surface area (Å²) in [5, 5.41) is 9.28. The molecule has 2 heterocycles. The summed E-state index contributed by atoms with van der Waals surface area (Å²) in [5.41, 5.74) is 1.58. The number of carboxylic acids is 1. The Morgan fingerprint density at radius 2 is 2.32 bits per heavy atom. The molecule has 1 fully saturated rings. The van der Waals surface area contributed by atoms with E-state index in [2.05, 4.69) is 4.98 Å². The summed E-state index contributed by atoms with van der Waals surface area (Å²) in [6, 6.07) is 5.62. The Kier molecular flexibility index (Phi) is 2.67. The molecule has 1 saturated heterocycles. The highest BCUT2D eigenvalue weighted by Gasteiger charge is 2.47. The lowest BCUT2D eigenvalue weighted by atomic mass is 9.85. The van der Waals surface area contributed by atoms with Crippen LogP contribution in [0.3, 0.4) is 0 Å². The number of rotatable bonds is 4. The summed E-state index contributed by atoms with van der Waals surface area (Å²) >= 11 is 0. The summed E-state index contributed by atoms with van der Waals surface area (Å²) in [7, 11) is 1.86. The lowest BCUT2D eigenvalue weighted by Gasteiger charge is -2.40. The average Bonchev–Trinajstić information content (AvgIpc) is 2.79. The molecule has 0 unspecified atom stereocenters. The van der Waals surface area contributed by atoms with Gasteiger partial charge in [-0.2, -0.15) is 0 Å². The number of aliphatic carboxylic acids is 1. The highest BCUT2D eigenvalue weighted by atomic mass is 16.5. The van der Waals surface area contributed by atoms with Gasteiger partial charge in [0.15, 0.2) is 12.0 Å². The van der Waals surface area contributed by atoms with Gasteiger partial charge in [0.05, 0.1) is 13.2 Å². The molecule has 0 aliphatic carbocycles. The maximum Gasteiger partial charge on any atom is 0.316 e. The van der Waals surface area contributed by atoms with Gasteiger partial charge in [-0.25, -0.2) is 4.98 Å². The Morgan fingerprint density at radius 1 is 1.53 bits per heavy atom. The van der Waals surface area contributed by atoms with Crippen molar-refractivity contribution in [3.63, 3.8) is 0 Å². The zero-order chi connectivity index (χ0) is 13.5. The molecule has 0 bridgehead atoms. The molecule has 0 amide bonds. The summed E-state index contributed by atoms with van der Waals surface area (Å²) in [4.78, 5) is 17.3. The molecule has 1 aromatic carbocycles. The monoisotopic (exact) mass is 262 g/mol. The molecular weight excluding hydrogens is 248 g/mol. The van der Waals surface area contributed by atoms with Crippen LogP contribution in [0.15, 0.2) is 29.0 Å². The second kappa shape index (κ2) is 4.24. The standard InChI is InChI=1S/C13H14N2O4/c1-15(5-13(12(16)17)6-18-7-13)9-2-3-10-11(4-9)19-8-14-10/h2-4,8H,5-7H2,1H3,(H,16,17). The first-order chi connectivity index (χ1) is 9.11. The summed E-state index contributed by atoms with van der Waals surface area (Å²) in [5.74, 6) is -0.814. The normalized spacial score (nSPS) is 17.1. The number of hydrogen-bond acceptors (Lipinski definition) is 5. The maximum atomic E-state index is 11.3. The van der Waals surface area contributed by atoms with Crippen molar-refractivity contribution in [3.05, 3.63) is 24.6 Å². The van der Waals surface area contributed by atoms with Gasteiger partial charge in [-0.1, -0.05) is 0 Å². The Bertz CT molecular complexity index is 618. The SMILES string of the molecule is CN(CC1(C(=O)O)COC1)c1ccc2ncoc2c1. The van der Waals surface area contributed by atoms with Crippen LogP contribution in [-0.4, -0.2) is 42.9 Å². The smallest absolute Gasteiger partial charge is 0.316 e. The van der Waals surface area contributed by atoms with Gasteiger partial charge in [-0.15, -0.1) is 0 Å². The topological polar surface area (TPSA) is 75.8 Å². The molecule has 0 saturated carbocycles. The molecule has 1 aliphatic rings. The number of ether oxygens (including phenoxy) is 1. The Hall–Kier alpha value is -2.08. The molecular formula is C13H14N2O4. The fraction of sp³-hybridized carbons (Fsp3) is 0.385. The first-order valence-electron chi connectivity index (χ1n) is 5.96. The van der Waals surface area contributed by atoms with Crippen LogP contribution in [0.25, 0.3) is 11.1 Å². The van der Waals surface area contributed by atoms with Crippen LogP contribution in [-0.2, 0) is 9.53 Å². The van der Waals surface area contributed by atoms with Crippen molar-refractivity contribution in [3.8, 4) is 0 Å². The minimum Gasteiger partial charge on any atom is -0.481 e. The van der Waals surface area contributed by atoms with Gasteiger partial charge in [0.2, 0.25) is 0 Å². The molecule has 0 spiro atoms. The largest absolute Gasteiger partial charge is 0.481 e. The van der Waals surface area contributed by atoms with Gasteiger partial charge in [-0.3, -0.25) is 4.79 Å². The highest BCUT2D eigenvalue weighted by Crippen LogP contribution is 2.31. The van der Waals surface area contributed by atoms with Gasteiger partial charge in [0.25, 0.3) is 0 Å². The number of aromatic nitrogens is 1. The fourth-order valence-electron chi connectivity index (χ4n) is 2.26. The molecule has 1 aromatic heterocycles. The number of fused-ring (bicyclic) bond motifs is 1. The van der Waals surface area contributed by atoms with E-state index in [1.54, 1.807) is 0 Å². The third kappa shape index (κ3) is 1.94. The third-order valence-electron chi connectivity index (χ3n) is 3.51. The van der Waals surface area contributed by atoms with Gasteiger partial charge in [0, 0.05) is 25.3 Å². The molecule has 0 atom stereocenters. The zero-order valence-corrected chi connectivity index (χ0v) is 10.5. The van der Waals surface area contributed by atoms with Gasteiger partial charge in [-0.05, 0) is 12.1 Å². The van der Waals surface area contributed by atoms with Crippen LogP contribution in [0.1, 0.15) is 0 Å². The number of oxazole rings is 1. The predicted molar refractivity (Wildman–Crippen MR) is 68.2 cm³/mol. The van der Waals surface area contributed by atoms with Crippen molar-refractivity contribution in [2.75, 3.05) is 31.7 Å². The van der Waals surface area contributed by atoms with Crippen molar-refractivity contribution < 1.29 is 19.1 Å². The zero-order valence-electron chi connectivity index (χ0n) is 10.5. The van der Waals surface area contributed by atoms with Crippen molar-refractivity contribution in [1.29, 1.82) is 0 Å². The summed E-state index contributed by atoms with van der Waals surface area (Å²) < 4.78 is 10.3. The number of nitrogens with zero attached hydrogens (tertiary/aromatic N) is 2. The first-order valence-corrected chi connectivity index (χ1v) is 5.96. The minimum atomic E-state index is -0.814. The molecule has 6 heteroatoms. The molecule has 1 aliphatic heterocycles. The molecule has 0 radical (unpaired) electrons. The molecule has 2 aromatic rings. The van der Waals surface area contributed by atoms with Crippen molar-refractivity contribution >= 4 is 22.8 Å². The quantitative estimate of drug-likeness (QED) is 0.896. The van der Waals surface area contributed by atoms with E-state index in [1.165, 1.54) is 6.39 Å². The van der Waals surface area contributed by atoms with Gasteiger partial charge in [0.1, 0.15) is 10.9 Å². The average molecular weight is 262 g/mol. The van der Waals surface area contributed by atoms with E-state index in [9.17, 15) is 9.90 Å². The van der Waals surface area contributed by atoms with Crippen LogP contribution in [0.2, 0.25) is 0 Å². The van der Waals surface area contributed by atoms with Crippen LogP contribution in [0.4, 0.5) is 5.69 Å². The molecule has 19 heavy (non-hydrogen) atoms. The fourth-order valence-corrected chi connectivity index (χ4v) is 2.26. The highest BCUT2D eigenvalue weighted by molar-refractivity contribution is 5.79. The van der Waals surface area contributed by atoms with Gasteiger partial charge >= 0.3 is 5.97 Å². The van der Waals surface area contributed by atoms with E-state index in [4.69, 9.17) is 9.15 Å². The lowest BCUT2D eigenvalue weighted by molar-refractivity contribution is -0.177. The molecule has 100 valence electrons. The number of benzene rings is 1. The van der Waals surface area contributed by atoms with E-state index >= 15 is 0 Å². The minimum absolute atomic E-state index is 0.261. The first kappa shape index (κ1) is 12.0. The molecule has 1 N–H and O–H groups in total. The van der Waals surface area contributed by atoms with Crippen LogP contribution >= 0.6 is 0 Å². The lowest BCUT2D eigenvalue weighted by Crippen LogP contribution is -2.55. The van der Waals surface area contributed by atoms with E-state index in [1.807, 2.05) is 30.1 Å². The Morgan fingerprint density at radius 3 is 2.95 bits per heavy atom. The van der Waals surface area contributed by atoms with E-state index in [0.29, 0.717) is 12.1 Å². The van der Waals surface area contributed by atoms with Crippen molar-refractivity contribution in [2.24, 2.45) is 5.41 Å².